The molecule has 0 aromatic heterocycles. The van der Waals surface area contributed by atoms with Gasteiger partial charge in [0.2, 0.25) is 0 Å². The second kappa shape index (κ2) is 8.72. The molecule has 3 aromatic carbocycles. The molecule has 0 amide bonds. The average Bonchev–Trinajstić information content (AvgIpc) is 3.40. The third-order valence-electron chi connectivity index (χ3n) is 5.94. The minimum atomic E-state index is 0.125. The summed E-state index contributed by atoms with van der Waals surface area (Å²) in [7, 11) is 0. The van der Waals surface area contributed by atoms with Crippen LogP contribution in [0, 0.1) is 5.92 Å². The van der Waals surface area contributed by atoms with Crippen LogP contribution in [0.2, 0.25) is 0 Å². The van der Waals surface area contributed by atoms with Gasteiger partial charge in [0.05, 0.1) is 13.2 Å². The van der Waals surface area contributed by atoms with Gasteiger partial charge in [0.25, 0.3) is 0 Å². The highest BCUT2D eigenvalue weighted by molar-refractivity contribution is 5.21. The lowest BCUT2D eigenvalue weighted by Gasteiger charge is -2.33. The highest BCUT2D eigenvalue weighted by Gasteiger charge is 2.55. The Kier molecular flexibility index (Phi) is 5.90. The molecule has 0 saturated heterocycles. The summed E-state index contributed by atoms with van der Waals surface area (Å²) in [5.41, 5.74) is 4.09. The van der Waals surface area contributed by atoms with E-state index < -0.39 is 0 Å². The van der Waals surface area contributed by atoms with Crippen LogP contribution in [0.1, 0.15) is 30.0 Å². The Morgan fingerprint density at radius 1 is 0.750 bits per heavy atom. The molecule has 1 fully saturated rings. The minimum absolute atomic E-state index is 0.125. The first-order valence-corrected chi connectivity index (χ1v) is 10.2. The van der Waals surface area contributed by atoms with Crippen molar-refractivity contribution in [3.63, 3.8) is 0 Å². The van der Waals surface area contributed by atoms with Gasteiger partial charge < -0.3 is 4.74 Å². The van der Waals surface area contributed by atoms with Crippen molar-refractivity contribution in [2.75, 3.05) is 6.61 Å². The SMILES string of the molecule is C[C@@H]1C[C@@]1(COCc1ccccc1)N(Cc1ccccc1)Cc1ccccc1. The smallest absolute Gasteiger partial charge is 0.0717 e. The number of nitrogens with zero attached hydrogens (tertiary/aromatic N) is 1. The Morgan fingerprint density at radius 2 is 1.18 bits per heavy atom. The molecule has 0 heterocycles. The van der Waals surface area contributed by atoms with Gasteiger partial charge in [-0.05, 0) is 29.0 Å². The molecule has 4 rings (SSSR count). The zero-order valence-electron chi connectivity index (χ0n) is 16.6. The molecule has 0 N–H and O–H groups in total. The van der Waals surface area contributed by atoms with E-state index in [0.717, 1.165) is 19.7 Å². The monoisotopic (exact) mass is 371 g/mol. The zero-order valence-corrected chi connectivity index (χ0v) is 16.6. The predicted molar refractivity (Wildman–Crippen MR) is 115 cm³/mol. The second-order valence-corrected chi connectivity index (χ2v) is 8.01. The lowest BCUT2D eigenvalue weighted by atomic mass is 10.1. The van der Waals surface area contributed by atoms with Gasteiger partial charge in [0.1, 0.15) is 0 Å². The van der Waals surface area contributed by atoms with Crippen molar-refractivity contribution in [1.82, 2.24) is 4.90 Å². The Labute approximate surface area is 168 Å². The molecule has 1 aliphatic rings. The first-order valence-electron chi connectivity index (χ1n) is 10.2. The summed E-state index contributed by atoms with van der Waals surface area (Å²) in [6.07, 6.45) is 1.20. The zero-order chi connectivity index (χ0) is 19.2. The fraction of sp³-hybridized carbons (Fsp3) is 0.308. The van der Waals surface area contributed by atoms with E-state index in [-0.39, 0.29) is 5.54 Å². The van der Waals surface area contributed by atoms with Crippen LogP contribution in [-0.4, -0.2) is 17.0 Å². The van der Waals surface area contributed by atoms with Crippen molar-refractivity contribution in [2.24, 2.45) is 5.92 Å². The average molecular weight is 372 g/mol. The summed E-state index contributed by atoms with van der Waals surface area (Å²) in [6.45, 7) is 5.72. The number of hydrogen-bond donors (Lipinski definition) is 0. The summed E-state index contributed by atoms with van der Waals surface area (Å²) in [4.78, 5) is 2.63. The molecule has 2 nitrogen and oxygen atoms in total. The number of rotatable bonds is 9. The van der Waals surface area contributed by atoms with E-state index in [0.29, 0.717) is 12.5 Å². The lowest BCUT2D eigenvalue weighted by Crippen LogP contribution is -2.41. The Morgan fingerprint density at radius 3 is 1.61 bits per heavy atom. The van der Waals surface area contributed by atoms with Crippen molar-refractivity contribution in [2.45, 2.75) is 38.6 Å². The van der Waals surface area contributed by atoms with Crippen LogP contribution in [0.5, 0.6) is 0 Å². The summed E-state index contributed by atoms with van der Waals surface area (Å²) >= 11 is 0. The molecular formula is C26H29NO. The number of hydrogen-bond acceptors (Lipinski definition) is 2. The molecule has 0 unspecified atom stereocenters. The molecule has 144 valence electrons. The van der Waals surface area contributed by atoms with Crippen molar-refractivity contribution < 1.29 is 4.74 Å². The highest BCUT2D eigenvalue weighted by atomic mass is 16.5. The molecule has 0 bridgehead atoms. The van der Waals surface area contributed by atoms with E-state index in [1.165, 1.54) is 23.1 Å². The van der Waals surface area contributed by atoms with Crippen LogP contribution in [-0.2, 0) is 24.4 Å². The van der Waals surface area contributed by atoms with Crippen molar-refractivity contribution in [1.29, 1.82) is 0 Å². The minimum Gasteiger partial charge on any atom is -0.375 e. The van der Waals surface area contributed by atoms with Crippen LogP contribution in [0.3, 0.4) is 0 Å². The van der Waals surface area contributed by atoms with Crippen LogP contribution in [0.25, 0.3) is 0 Å². The molecule has 3 aromatic rings. The highest BCUT2D eigenvalue weighted by Crippen LogP contribution is 2.49. The fourth-order valence-corrected chi connectivity index (χ4v) is 4.10. The third kappa shape index (κ3) is 4.52. The molecule has 0 spiro atoms. The maximum Gasteiger partial charge on any atom is 0.0717 e. The van der Waals surface area contributed by atoms with Crippen molar-refractivity contribution >= 4 is 0 Å². The van der Waals surface area contributed by atoms with E-state index in [1.54, 1.807) is 0 Å². The Bertz CT molecular complexity index is 808. The van der Waals surface area contributed by atoms with Gasteiger partial charge in [-0.3, -0.25) is 4.90 Å². The normalized spacial score (nSPS) is 21.0. The largest absolute Gasteiger partial charge is 0.375 e. The van der Waals surface area contributed by atoms with Crippen LogP contribution >= 0.6 is 0 Å². The van der Waals surface area contributed by atoms with E-state index in [1.807, 2.05) is 0 Å². The number of benzene rings is 3. The third-order valence-corrected chi connectivity index (χ3v) is 5.94. The van der Waals surface area contributed by atoms with Crippen LogP contribution < -0.4 is 0 Å². The standard InChI is InChI=1S/C26H29NO/c1-22-17-26(22,21-28-20-25-15-9-4-10-16-25)27(18-23-11-5-2-6-12-23)19-24-13-7-3-8-14-24/h2-16,22H,17-21H2,1H3/t22-,26+/m1/s1. The van der Waals surface area contributed by atoms with Crippen molar-refractivity contribution in [3.05, 3.63) is 108 Å². The van der Waals surface area contributed by atoms with Gasteiger partial charge >= 0.3 is 0 Å². The topological polar surface area (TPSA) is 12.5 Å². The Balaban J connectivity index is 1.49. The quantitative estimate of drug-likeness (QED) is 0.479. The summed E-state index contributed by atoms with van der Waals surface area (Å²) in [5, 5.41) is 0. The lowest BCUT2D eigenvalue weighted by molar-refractivity contribution is 0.0228. The first-order chi connectivity index (χ1) is 13.8. The number of ether oxygens (including phenoxy) is 1. The predicted octanol–water partition coefficient (Wildman–Crippen LogP) is 5.68. The van der Waals surface area contributed by atoms with Gasteiger partial charge in [0, 0.05) is 18.6 Å². The maximum absolute atomic E-state index is 6.23. The molecule has 2 heteroatoms. The first kappa shape index (κ1) is 18.9. The second-order valence-electron chi connectivity index (χ2n) is 8.01. The van der Waals surface area contributed by atoms with E-state index in [4.69, 9.17) is 4.74 Å². The summed E-state index contributed by atoms with van der Waals surface area (Å²) < 4.78 is 6.23. The van der Waals surface area contributed by atoms with Gasteiger partial charge in [-0.15, -0.1) is 0 Å². The fourth-order valence-electron chi connectivity index (χ4n) is 4.10. The van der Waals surface area contributed by atoms with E-state index in [9.17, 15) is 0 Å². The molecule has 2 atom stereocenters. The molecule has 0 aliphatic heterocycles. The molecule has 1 aliphatic carbocycles. The van der Waals surface area contributed by atoms with Gasteiger partial charge in [0.15, 0.2) is 0 Å². The summed E-state index contributed by atoms with van der Waals surface area (Å²) in [6, 6.07) is 32.1. The summed E-state index contributed by atoms with van der Waals surface area (Å²) in [5.74, 6) is 0.649. The van der Waals surface area contributed by atoms with Gasteiger partial charge in [-0.25, -0.2) is 0 Å². The Hall–Kier alpha value is -2.42. The maximum atomic E-state index is 6.23. The van der Waals surface area contributed by atoms with Gasteiger partial charge in [-0.1, -0.05) is 97.9 Å². The van der Waals surface area contributed by atoms with Crippen LogP contribution in [0.15, 0.2) is 91.0 Å². The van der Waals surface area contributed by atoms with Crippen molar-refractivity contribution in [3.8, 4) is 0 Å². The molecule has 28 heavy (non-hydrogen) atoms. The molecule has 1 saturated carbocycles. The molecular weight excluding hydrogens is 342 g/mol. The van der Waals surface area contributed by atoms with E-state index in [2.05, 4.69) is 103 Å². The van der Waals surface area contributed by atoms with Crippen LogP contribution in [0.4, 0.5) is 0 Å². The molecule has 0 radical (unpaired) electrons. The van der Waals surface area contributed by atoms with Gasteiger partial charge in [-0.2, -0.15) is 0 Å². The van der Waals surface area contributed by atoms with E-state index >= 15 is 0 Å².